The van der Waals surface area contributed by atoms with Crippen LogP contribution in [0.15, 0.2) is 6.07 Å². The molecule has 0 aliphatic carbocycles. The molecule has 13 heavy (non-hydrogen) atoms. The first-order valence-electron chi connectivity index (χ1n) is 3.64. The number of carbonyl (C=O) groups is 2. The van der Waals surface area contributed by atoms with Gasteiger partial charge in [-0.25, -0.2) is 4.79 Å². The minimum atomic E-state index is -1.11. The molecule has 1 aromatic rings. The van der Waals surface area contributed by atoms with E-state index in [-0.39, 0.29) is 17.7 Å². The molecule has 70 valence electrons. The molecule has 1 rings (SSSR count). The summed E-state index contributed by atoms with van der Waals surface area (Å²) in [4.78, 5) is 23.6. The molecule has 0 atom stereocenters. The summed E-state index contributed by atoms with van der Waals surface area (Å²) in [7, 11) is 0. The van der Waals surface area contributed by atoms with Crippen LogP contribution in [0.2, 0.25) is 0 Å². The minimum absolute atomic E-state index is 0.0277. The van der Waals surface area contributed by atoms with Gasteiger partial charge in [0.25, 0.3) is 0 Å². The Kier molecular flexibility index (Phi) is 2.36. The smallest absolute Gasteiger partial charge is 0.337 e. The number of aryl methyl sites for hydroxylation is 1. The van der Waals surface area contributed by atoms with Gasteiger partial charge in [-0.2, -0.15) is 0 Å². The minimum Gasteiger partial charge on any atom is -0.481 e. The lowest BCUT2D eigenvalue weighted by molar-refractivity contribution is -0.136. The largest absolute Gasteiger partial charge is 0.481 e. The molecule has 0 unspecified atom stereocenters. The van der Waals surface area contributed by atoms with E-state index in [4.69, 9.17) is 10.2 Å². The predicted octanol–water partition coefficient (Wildman–Crippen LogP) is 0.648. The fourth-order valence-electron chi connectivity index (χ4n) is 1.13. The van der Waals surface area contributed by atoms with Crippen LogP contribution in [-0.4, -0.2) is 27.1 Å². The second-order valence-corrected chi connectivity index (χ2v) is 2.72. The average molecular weight is 183 g/mol. The summed E-state index contributed by atoms with van der Waals surface area (Å²) < 4.78 is 0. The standard InChI is InChI=1S/C8H9NO4/c1-4-2-5(8(12)13)6(9-4)3-7(10)11/h2,9H,3H2,1H3,(H,10,11)(H,12,13). The molecule has 0 amide bonds. The van der Waals surface area contributed by atoms with Crippen molar-refractivity contribution >= 4 is 11.9 Å². The van der Waals surface area contributed by atoms with Crippen LogP contribution in [0, 0.1) is 6.92 Å². The van der Waals surface area contributed by atoms with Gasteiger partial charge in [-0.3, -0.25) is 4.79 Å². The topological polar surface area (TPSA) is 90.4 Å². The Hall–Kier alpha value is -1.78. The second kappa shape index (κ2) is 3.30. The summed E-state index contributed by atoms with van der Waals surface area (Å²) >= 11 is 0. The van der Waals surface area contributed by atoms with Gasteiger partial charge in [0.05, 0.1) is 12.0 Å². The van der Waals surface area contributed by atoms with Crippen LogP contribution in [0.1, 0.15) is 21.7 Å². The highest BCUT2D eigenvalue weighted by Crippen LogP contribution is 2.11. The Morgan fingerprint density at radius 1 is 1.46 bits per heavy atom. The molecule has 0 aromatic carbocycles. The molecule has 3 N–H and O–H groups in total. The van der Waals surface area contributed by atoms with Crippen molar-refractivity contribution in [1.82, 2.24) is 4.98 Å². The first kappa shape index (κ1) is 9.31. The van der Waals surface area contributed by atoms with Gasteiger partial charge in [-0.1, -0.05) is 0 Å². The Morgan fingerprint density at radius 2 is 2.08 bits per heavy atom. The van der Waals surface area contributed by atoms with E-state index in [9.17, 15) is 9.59 Å². The fraction of sp³-hybridized carbons (Fsp3) is 0.250. The average Bonchev–Trinajstić information content (AvgIpc) is 2.29. The summed E-state index contributed by atoms with van der Waals surface area (Å²) in [6, 6.07) is 1.42. The van der Waals surface area contributed by atoms with Crippen LogP contribution >= 0.6 is 0 Å². The molecule has 1 aromatic heterocycles. The molecule has 0 aliphatic heterocycles. The normalized spacial score (nSPS) is 9.92. The summed E-state index contributed by atoms with van der Waals surface area (Å²) in [6.07, 6.45) is -0.296. The van der Waals surface area contributed by atoms with Crippen molar-refractivity contribution in [2.75, 3.05) is 0 Å². The van der Waals surface area contributed by atoms with Crippen molar-refractivity contribution < 1.29 is 19.8 Å². The zero-order valence-corrected chi connectivity index (χ0v) is 7.00. The van der Waals surface area contributed by atoms with E-state index < -0.39 is 11.9 Å². The predicted molar refractivity (Wildman–Crippen MR) is 43.8 cm³/mol. The van der Waals surface area contributed by atoms with E-state index >= 15 is 0 Å². The maximum Gasteiger partial charge on any atom is 0.337 e. The summed E-state index contributed by atoms with van der Waals surface area (Å²) in [6.45, 7) is 1.68. The van der Waals surface area contributed by atoms with Crippen molar-refractivity contribution in [2.45, 2.75) is 13.3 Å². The number of rotatable bonds is 3. The maximum absolute atomic E-state index is 10.6. The van der Waals surface area contributed by atoms with Gasteiger partial charge in [0.15, 0.2) is 0 Å². The van der Waals surface area contributed by atoms with Crippen molar-refractivity contribution in [3.8, 4) is 0 Å². The van der Waals surface area contributed by atoms with Crippen molar-refractivity contribution in [1.29, 1.82) is 0 Å². The van der Waals surface area contributed by atoms with Crippen LogP contribution in [0.3, 0.4) is 0 Å². The van der Waals surface area contributed by atoms with E-state index in [0.29, 0.717) is 5.69 Å². The molecule has 1 heterocycles. The second-order valence-electron chi connectivity index (χ2n) is 2.72. The number of H-pyrrole nitrogens is 1. The van der Waals surface area contributed by atoms with Crippen molar-refractivity contribution in [2.24, 2.45) is 0 Å². The van der Waals surface area contributed by atoms with Gasteiger partial charge in [0, 0.05) is 11.4 Å². The third-order valence-corrected chi connectivity index (χ3v) is 1.59. The number of carboxylic acid groups (broad SMARTS) is 2. The molecular weight excluding hydrogens is 174 g/mol. The summed E-state index contributed by atoms with van der Waals surface area (Å²) in [5.41, 5.74) is 0.908. The van der Waals surface area contributed by atoms with Gasteiger partial charge in [-0.15, -0.1) is 0 Å². The number of aromatic nitrogens is 1. The highest BCUT2D eigenvalue weighted by molar-refractivity contribution is 5.90. The lowest BCUT2D eigenvalue weighted by Crippen LogP contribution is -2.06. The van der Waals surface area contributed by atoms with E-state index in [0.717, 1.165) is 0 Å². The first-order chi connectivity index (χ1) is 6.00. The van der Waals surface area contributed by atoms with Gasteiger partial charge < -0.3 is 15.2 Å². The first-order valence-corrected chi connectivity index (χ1v) is 3.64. The van der Waals surface area contributed by atoms with E-state index in [1.165, 1.54) is 6.07 Å². The molecule has 0 spiro atoms. The number of aromatic amines is 1. The molecule has 0 fully saturated rings. The Labute approximate surface area is 74.0 Å². The molecule has 0 saturated carbocycles. The molecule has 5 heteroatoms. The molecular formula is C8H9NO4. The monoisotopic (exact) mass is 183 g/mol. The Balaban J connectivity index is 3.04. The highest BCUT2D eigenvalue weighted by atomic mass is 16.4. The van der Waals surface area contributed by atoms with E-state index in [1.807, 2.05) is 0 Å². The fourth-order valence-corrected chi connectivity index (χ4v) is 1.13. The van der Waals surface area contributed by atoms with Crippen LogP contribution in [-0.2, 0) is 11.2 Å². The molecule has 0 aliphatic rings. The number of hydrogen-bond donors (Lipinski definition) is 3. The molecule has 0 saturated heterocycles. The van der Waals surface area contributed by atoms with Crippen LogP contribution in [0.4, 0.5) is 0 Å². The van der Waals surface area contributed by atoms with E-state index in [2.05, 4.69) is 4.98 Å². The van der Waals surface area contributed by atoms with Gasteiger partial charge in [-0.05, 0) is 13.0 Å². The number of carboxylic acids is 2. The number of aromatic carboxylic acids is 1. The van der Waals surface area contributed by atoms with Crippen LogP contribution in [0.25, 0.3) is 0 Å². The Bertz CT molecular complexity index is 353. The molecule has 0 bridgehead atoms. The highest BCUT2D eigenvalue weighted by Gasteiger charge is 2.14. The lowest BCUT2D eigenvalue weighted by atomic mass is 10.2. The summed E-state index contributed by atoms with van der Waals surface area (Å²) in [5.74, 6) is -2.16. The van der Waals surface area contributed by atoms with Crippen LogP contribution < -0.4 is 0 Å². The zero-order valence-electron chi connectivity index (χ0n) is 7.00. The third kappa shape index (κ3) is 2.08. The maximum atomic E-state index is 10.6. The van der Waals surface area contributed by atoms with Gasteiger partial charge >= 0.3 is 11.9 Å². The quantitative estimate of drug-likeness (QED) is 0.641. The van der Waals surface area contributed by atoms with Crippen LogP contribution in [0.5, 0.6) is 0 Å². The number of aliphatic carboxylic acids is 1. The van der Waals surface area contributed by atoms with Gasteiger partial charge in [0.2, 0.25) is 0 Å². The molecule has 0 radical (unpaired) electrons. The molecule has 5 nitrogen and oxygen atoms in total. The van der Waals surface area contributed by atoms with E-state index in [1.54, 1.807) is 6.92 Å². The SMILES string of the molecule is Cc1cc(C(=O)O)c(CC(=O)O)[nH]1. The number of nitrogens with one attached hydrogen (secondary N) is 1. The lowest BCUT2D eigenvalue weighted by Gasteiger charge is -1.94. The third-order valence-electron chi connectivity index (χ3n) is 1.59. The summed E-state index contributed by atoms with van der Waals surface area (Å²) in [5, 5.41) is 17.1. The number of hydrogen-bond acceptors (Lipinski definition) is 2. The van der Waals surface area contributed by atoms with Gasteiger partial charge in [0.1, 0.15) is 0 Å². The Morgan fingerprint density at radius 3 is 2.54 bits per heavy atom. The van der Waals surface area contributed by atoms with Crippen molar-refractivity contribution in [3.05, 3.63) is 23.0 Å². The zero-order chi connectivity index (χ0) is 10.0. The van der Waals surface area contributed by atoms with Crippen molar-refractivity contribution in [3.63, 3.8) is 0 Å².